The standard InChI is InChI=1S/C21H22N2O2/c24-20(18-8-2-1-3-9-18)11-12-21(25)22-16-17-7-6-10-19(15-17)23-13-4-5-14-23/h1-10,15H,11-14,16H2,(H,22,25). The number of ketones is 1. The molecule has 2 aromatic carbocycles. The first-order valence-electron chi connectivity index (χ1n) is 8.56. The maximum absolute atomic E-state index is 12.0. The summed E-state index contributed by atoms with van der Waals surface area (Å²) in [5, 5.41) is 2.90. The van der Waals surface area contributed by atoms with Gasteiger partial charge in [0.05, 0.1) is 0 Å². The lowest BCUT2D eigenvalue weighted by molar-refractivity contribution is -0.121. The number of anilines is 1. The molecule has 1 amide bonds. The Morgan fingerprint density at radius 3 is 2.44 bits per heavy atom. The van der Waals surface area contributed by atoms with Crippen molar-refractivity contribution >= 4 is 17.4 Å². The molecule has 0 atom stereocenters. The topological polar surface area (TPSA) is 49.4 Å². The molecule has 1 aliphatic heterocycles. The number of Topliss-reactive ketones (excluding diaryl/α,β-unsaturated/α-hetero) is 1. The normalized spacial score (nSPS) is 13.0. The van der Waals surface area contributed by atoms with E-state index in [1.165, 1.54) is 0 Å². The summed E-state index contributed by atoms with van der Waals surface area (Å²) in [6, 6.07) is 17.3. The van der Waals surface area contributed by atoms with Crippen molar-refractivity contribution in [3.8, 4) is 0 Å². The van der Waals surface area contributed by atoms with E-state index in [4.69, 9.17) is 0 Å². The SMILES string of the molecule is O=C(CCC(=O)c1ccccc1)NCc1cccc(N2CC=CC2)c1. The Hall–Kier alpha value is -2.88. The van der Waals surface area contributed by atoms with Crippen LogP contribution < -0.4 is 10.2 Å². The highest BCUT2D eigenvalue weighted by Crippen LogP contribution is 2.18. The summed E-state index contributed by atoms with van der Waals surface area (Å²) in [5.41, 5.74) is 2.88. The molecule has 1 aliphatic rings. The zero-order chi connectivity index (χ0) is 17.5. The highest BCUT2D eigenvalue weighted by molar-refractivity contribution is 5.97. The molecule has 3 rings (SSSR count). The zero-order valence-corrected chi connectivity index (χ0v) is 14.2. The van der Waals surface area contributed by atoms with Crippen LogP contribution in [0.3, 0.4) is 0 Å². The maximum atomic E-state index is 12.0. The van der Waals surface area contributed by atoms with Gasteiger partial charge in [-0.3, -0.25) is 9.59 Å². The Morgan fingerprint density at radius 1 is 0.920 bits per heavy atom. The predicted octanol–water partition coefficient (Wildman–Crippen LogP) is 3.34. The van der Waals surface area contributed by atoms with Crippen LogP contribution in [-0.2, 0) is 11.3 Å². The molecule has 0 aliphatic carbocycles. The lowest BCUT2D eigenvalue weighted by Gasteiger charge is -2.18. The highest BCUT2D eigenvalue weighted by Gasteiger charge is 2.10. The molecule has 0 fully saturated rings. The van der Waals surface area contributed by atoms with Crippen LogP contribution in [0.4, 0.5) is 5.69 Å². The molecule has 4 nitrogen and oxygen atoms in total. The van der Waals surface area contributed by atoms with Gasteiger partial charge >= 0.3 is 0 Å². The Kier molecular flexibility index (Phi) is 5.62. The van der Waals surface area contributed by atoms with Crippen LogP contribution >= 0.6 is 0 Å². The number of nitrogens with one attached hydrogen (secondary N) is 1. The smallest absolute Gasteiger partial charge is 0.220 e. The van der Waals surface area contributed by atoms with Crippen LogP contribution in [0.25, 0.3) is 0 Å². The fraction of sp³-hybridized carbons (Fsp3) is 0.238. The number of hydrogen-bond acceptors (Lipinski definition) is 3. The molecule has 1 N–H and O–H groups in total. The van der Waals surface area contributed by atoms with E-state index < -0.39 is 0 Å². The summed E-state index contributed by atoms with van der Waals surface area (Å²) >= 11 is 0. The van der Waals surface area contributed by atoms with Gasteiger partial charge in [-0.05, 0) is 17.7 Å². The molecule has 0 bridgehead atoms. The van der Waals surface area contributed by atoms with Gasteiger partial charge in [-0.15, -0.1) is 0 Å². The second-order valence-electron chi connectivity index (χ2n) is 6.11. The van der Waals surface area contributed by atoms with E-state index >= 15 is 0 Å². The van der Waals surface area contributed by atoms with Crippen LogP contribution in [0.1, 0.15) is 28.8 Å². The van der Waals surface area contributed by atoms with Gasteiger partial charge in [0.2, 0.25) is 5.91 Å². The molecular weight excluding hydrogens is 312 g/mol. The Bertz CT molecular complexity index is 760. The van der Waals surface area contributed by atoms with Crippen LogP contribution in [0.15, 0.2) is 66.7 Å². The van der Waals surface area contributed by atoms with Crippen molar-refractivity contribution in [1.29, 1.82) is 0 Å². The summed E-state index contributed by atoms with van der Waals surface area (Å²) < 4.78 is 0. The van der Waals surface area contributed by atoms with Gasteiger partial charge in [-0.25, -0.2) is 0 Å². The molecule has 0 unspecified atom stereocenters. The highest BCUT2D eigenvalue weighted by atomic mass is 16.2. The molecule has 1 heterocycles. The lowest BCUT2D eigenvalue weighted by Crippen LogP contribution is -2.24. The van der Waals surface area contributed by atoms with E-state index in [0.29, 0.717) is 12.1 Å². The molecule has 0 aromatic heterocycles. The quantitative estimate of drug-likeness (QED) is 0.624. The predicted molar refractivity (Wildman–Crippen MR) is 99.6 cm³/mol. The minimum atomic E-state index is -0.0995. The number of carbonyl (C=O) groups excluding carboxylic acids is 2. The third-order valence-corrected chi connectivity index (χ3v) is 4.26. The van der Waals surface area contributed by atoms with Crippen LogP contribution in [0.2, 0.25) is 0 Å². The summed E-state index contributed by atoms with van der Waals surface area (Å²) in [7, 11) is 0. The number of carbonyl (C=O) groups is 2. The average Bonchev–Trinajstić information content (AvgIpc) is 3.20. The summed E-state index contributed by atoms with van der Waals surface area (Å²) in [6.07, 6.45) is 4.75. The molecule has 0 radical (unpaired) electrons. The first-order valence-corrected chi connectivity index (χ1v) is 8.56. The van der Waals surface area contributed by atoms with Gasteiger partial charge in [0.15, 0.2) is 5.78 Å². The third-order valence-electron chi connectivity index (χ3n) is 4.26. The fourth-order valence-corrected chi connectivity index (χ4v) is 2.84. The van der Waals surface area contributed by atoms with E-state index in [9.17, 15) is 9.59 Å². The van der Waals surface area contributed by atoms with Crippen LogP contribution in [0, 0.1) is 0 Å². The first-order chi connectivity index (χ1) is 12.2. The fourth-order valence-electron chi connectivity index (χ4n) is 2.84. The number of hydrogen-bond donors (Lipinski definition) is 1. The first kappa shape index (κ1) is 17.0. The molecular formula is C21H22N2O2. The Labute approximate surface area is 148 Å². The van der Waals surface area contributed by atoms with Crippen molar-refractivity contribution in [2.24, 2.45) is 0 Å². The molecule has 0 saturated carbocycles. The lowest BCUT2D eigenvalue weighted by atomic mass is 10.1. The van der Waals surface area contributed by atoms with Gasteiger partial charge < -0.3 is 10.2 Å². The minimum Gasteiger partial charge on any atom is -0.364 e. The van der Waals surface area contributed by atoms with Crippen molar-refractivity contribution < 1.29 is 9.59 Å². The van der Waals surface area contributed by atoms with Gasteiger partial charge in [-0.2, -0.15) is 0 Å². The second-order valence-corrected chi connectivity index (χ2v) is 6.11. The van der Waals surface area contributed by atoms with Gasteiger partial charge in [0.1, 0.15) is 0 Å². The van der Waals surface area contributed by atoms with Crippen molar-refractivity contribution in [2.45, 2.75) is 19.4 Å². The zero-order valence-electron chi connectivity index (χ0n) is 14.2. The van der Waals surface area contributed by atoms with E-state index in [1.807, 2.05) is 30.3 Å². The Balaban J connectivity index is 1.46. The second kappa shape index (κ2) is 8.29. The minimum absolute atomic E-state index is 0.000666. The largest absolute Gasteiger partial charge is 0.364 e. The van der Waals surface area contributed by atoms with Crippen LogP contribution in [-0.4, -0.2) is 24.8 Å². The molecule has 2 aromatic rings. The molecule has 0 spiro atoms. The summed E-state index contributed by atoms with van der Waals surface area (Å²) in [5.74, 6) is -0.100. The average molecular weight is 334 g/mol. The van der Waals surface area contributed by atoms with Gasteiger partial charge in [-0.1, -0.05) is 54.6 Å². The van der Waals surface area contributed by atoms with E-state index in [-0.39, 0.29) is 24.5 Å². The Morgan fingerprint density at radius 2 is 1.68 bits per heavy atom. The van der Waals surface area contributed by atoms with Gasteiger partial charge in [0.25, 0.3) is 0 Å². The van der Waals surface area contributed by atoms with Crippen molar-refractivity contribution in [3.05, 3.63) is 77.9 Å². The monoisotopic (exact) mass is 334 g/mol. The van der Waals surface area contributed by atoms with E-state index in [1.54, 1.807) is 12.1 Å². The van der Waals surface area contributed by atoms with Crippen molar-refractivity contribution in [3.63, 3.8) is 0 Å². The molecule has 128 valence electrons. The van der Waals surface area contributed by atoms with Crippen LogP contribution in [0.5, 0.6) is 0 Å². The number of rotatable bonds is 7. The number of nitrogens with zero attached hydrogens (tertiary/aromatic N) is 1. The summed E-state index contributed by atoms with van der Waals surface area (Å²) in [4.78, 5) is 26.3. The third kappa shape index (κ3) is 4.80. The number of benzene rings is 2. The summed E-state index contributed by atoms with van der Waals surface area (Å²) in [6.45, 7) is 2.34. The maximum Gasteiger partial charge on any atom is 0.220 e. The van der Waals surface area contributed by atoms with Crippen molar-refractivity contribution in [1.82, 2.24) is 5.32 Å². The van der Waals surface area contributed by atoms with E-state index in [0.717, 1.165) is 24.3 Å². The van der Waals surface area contributed by atoms with Crippen molar-refractivity contribution in [2.75, 3.05) is 18.0 Å². The van der Waals surface area contributed by atoms with E-state index in [2.05, 4.69) is 34.5 Å². The molecule has 25 heavy (non-hydrogen) atoms. The number of amides is 1. The molecule has 4 heteroatoms. The van der Waals surface area contributed by atoms with Gasteiger partial charge in [0, 0.05) is 43.7 Å². The molecule has 0 saturated heterocycles.